The summed E-state index contributed by atoms with van der Waals surface area (Å²) >= 11 is 0. The number of hydrogen-bond acceptors (Lipinski definition) is 11. The molecule has 0 bridgehead atoms. The van der Waals surface area contributed by atoms with E-state index in [-0.39, 0.29) is 46.9 Å². The average Bonchev–Trinajstić information content (AvgIpc) is 3.20. The second kappa shape index (κ2) is 16.5. The number of aliphatic hydroxyl groups is 1. The van der Waals surface area contributed by atoms with Crippen LogP contribution in [0.15, 0.2) is 48.8 Å². The van der Waals surface area contributed by atoms with E-state index >= 15 is 0 Å². The van der Waals surface area contributed by atoms with Crippen LogP contribution in [0.2, 0.25) is 0 Å². The van der Waals surface area contributed by atoms with Gasteiger partial charge in [-0.3, -0.25) is 19.3 Å². The molecule has 4 N–H and O–H groups in total. The standard InChI is InChI=1S/C44H57N9O5/c1-27-21-32(22-28(2)33(27)23-45)58-42-43(3,4)41(44(42,5)6)50-38(55)30-7-9-31(10-8-30)52-15-13-29(14-16-52)26-51-17-19-53(20-18-51)36-25-46-35(24-47-36)40(57)48-34-11-12-37(54)49-39(34)56/h7-10,21-22,24-25,29,34,39,41-42,56H,11-20,26H2,1-6H3,(H,48,57)(H,49,54)(H,50,55)/t34-,39?,41-,42-/m0/s1. The summed E-state index contributed by atoms with van der Waals surface area (Å²) in [4.78, 5) is 53.6. The van der Waals surface area contributed by atoms with Gasteiger partial charge in [0.25, 0.3) is 11.8 Å². The zero-order valence-electron chi connectivity index (χ0n) is 34.5. The van der Waals surface area contributed by atoms with E-state index in [1.54, 1.807) is 6.20 Å². The Balaban J connectivity index is 0.836. The number of carbonyl (C=O) groups is 3. The van der Waals surface area contributed by atoms with E-state index in [2.05, 4.69) is 86.5 Å². The van der Waals surface area contributed by atoms with Gasteiger partial charge in [-0.15, -0.1) is 0 Å². The van der Waals surface area contributed by atoms with Gasteiger partial charge in [0.05, 0.1) is 30.1 Å². The number of nitriles is 1. The highest BCUT2D eigenvalue weighted by Crippen LogP contribution is 2.55. The highest BCUT2D eigenvalue weighted by Gasteiger charge is 2.64. The molecule has 3 aromatic rings. The molecule has 7 rings (SSSR count). The van der Waals surface area contributed by atoms with Crippen molar-refractivity contribution in [2.45, 2.75) is 91.6 Å². The predicted octanol–water partition coefficient (Wildman–Crippen LogP) is 3.94. The molecule has 4 heterocycles. The first kappa shape index (κ1) is 40.9. The first-order valence-electron chi connectivity index (χ1n) is 20.6. The number of piperidine rings is 2. The summed E-state index contributed by atoms with van der Waals surface area (Å²) in [5.74, 6) is 1.36. The van der Waals surface area contributed by atoms with Crippen molar-refractivity contribution < 1.29 is 24.2 Å². The third-order valence-electron chi connectivity index (χ3n) is 12.9. The molecule has 4 aliphatic rings. The fraction of sp³-hybridized carbons (Fsp3) is 0.545. The molecule has 0 radical (unpaired) electrons. The Morgan fingerprint density at radius 1 is 0.897 bits per heavy atom. The highest BCUT2D eigenvalue weighted by molar-refractivity contribution is 5.95. The van der Waals surface area contributed by atoms with Crippen LogP contribution in [0, 0.1) is 41.9 Å². The normalized spacial score (nSPS) is 24.6. The average molecular weight is 792 g/mol. The first-order chi connectivity index (χ1) is 27.6. The molecule has 4 fully saturated rings. The van der Waals surface area contributed by atoms with Crippen molar-refractivity contribution in [1.29, 1.82) is 5.26 Å². The van der Waals surface area contributed by atoms with Gasteiger partial charge in [-0.2, -0.15) is 5.26 Å². The Kier molecular flexibility index (Phi) is 11.7. The van der Waals surface area contributed by atoms with Crippen molar-refractivity contribution in [3.05, 3.63) is 76.7 Å². The Morgan fingerprint density at radius 2 is 1.55 bits per heavy atom. The third-order valence-corrected chi connectivity index (χ3v) is 12.9. The zero-order chi connectivity index (χ0) is 41.4. The molecule has 14 nitrogen and oxygen atoms in total. The number of carbonyl (C=O) groups excluding carboxylic acids is 3. The molecule has 2 aromatic carbocycles. The molecule has 58 heavy (non-hydrogen) atoms. The summed E-state index contributed by atoms with van der Waals surface area (Å²) in [7, 11) is 0. The van der Waals surface area contributed by atoms with Crippen molar-refractivity contribution in [2.24, 2.45) is 16.7 Å². The Hall–Kier alpha value is -5.26. The molecule has 3 amide bonds. The maximum atomic E-state index is 13.5. The minimum atomic E-state index is -1.12. The molecular formula is C44H57N9O5. The van der Waals surface area contributed by atoms with Gasteiger partial charge in [0.2, 0.25) is 5.91 Å². The number of nitrogens with one attached hydrogen (secondary N) is 3. The fourth-order valence-corrected chi connectivity index (χ4v) is 9.82. The molecule has 0 spiro atoms. The first-order valence-corrected chi connectivity index (χ1v) is 20.6. The molecule has 14 heteroatoms. The quantitative estimate of drug-likeness (QED) is 0.234. The highest BCUT2D eigenvalue weighted by atomic mass is 16.5. The second-order valence-corrected chi connectivity index (χ2v) is 17.7. The number of aryl methyl sites for hydroxylation is 2. The van der Waals surface area contributed by atoms with E-state index < -0.39 is 18.2 Å². The van der Waals surface area contributed by atoms with Crippen molar-refractivity contribution in [3.8, 4) is 11.8 Å². The molecule has 1 unspecified atom stereocenters. The summed E-state index contributed by atoms with van der Waals surface area (Å²) in [5.41, 5.74) is 3.83. The summed E-state index contributed by atoms with van der Waals surface area (Å²) in [6.07, 6.45) is 4.68. The van der Waals surface area contributed by atoms with Gasteiger partial charge >= 0.3 is 0 Å². The minimum Gasteiger partial charge on any atom is -0.489 e. The number of hydrogen-bond donors (Lipinski definition) is 4. The van der Waals surface area contributed by atoms with Gasteiger partial charge in [0.1, 0.15) is 29.6 Å². The number of ether oxygens (including phenoxy) is 1. The Morgan fingerprint density at radius 3 is 2.14 bits per heavy atom. The van der Waals surface area contributed by atoms with Crippen molar-refractivity contribution >= 4 is 29.2 Å². The lowest BCUT2D eigenvalue weighted by molar-refractivity contribution is -0.164. The fourth-order valence-electron chi connectivity index (χ4n) is 9.82. The summed E-state index contributed by atoms with van der Waals surface area (Å²) in [5, 5.41) is 28.0. The molecule has 3 saturated heterocycles. The van der Waals surface area contributed by atoms with Gasteiger partial charge in [0, 0.05) is 80.4 Å². The molecule has 1 aliphatic carbocycles. The van der Waals surface area contributed by atoms with Gasteiger partial charge in [-0.05, 0) is 86.6 Å². The summed E-state index contributed by atoms with van der Waals surface area (Å²) < 4.78 is 6.55. The van der Waals surface area contributed by atoms with Crippen molar-refractivity contribution in [3.63, 3.8) is 0 Å². The van der Waals surface area contributed by atoms with E-state index in [1.807, 2.05) is 38.1 Å². The monoisotopic (exact) mass is 791 g/mol. The van der Waals surface area contributed by atoms with Gasteiger partial charge in [-0.25, -0.2) is 9.97 Å². The molecule has 2 atom stereocenters. The molecule has 1 saturated carbocycles. The van der Waals surface area contributed by atoms with E-state index in [9.17, 15) is 24.8 Å². The number of benzene rings is 2. The van der Waals surface area contributed by atoms with Gasteiger partial charge in [0.15, 0.2) is 0 Å². The van der Waals surface area contributed by atoms with E-state index in [0.717, 1.165) is 87.0 Å². The minimum absolute atomic E-state index is 0.0821. The summed E-state index contributed by atoms with van der Waals surface area (Å²) in [6.45, 7) is 19.0. The molecular weight excluding hydrogens is 735 g/mol. The summed E-state index contributed by atoms with van der Waals surface area (Å²) in [6, 6.07) is 13.5. The van der Waals surface area contributed by atoms with E-state index in [4.69, 9.17) is 4.74 Å². The number of anilines is 2. The van der Waals surface area contributed by atoms with Crippen LogP contribution in [-0.2, 0) is 4.79 Å². The second-order valence-electron chi connectivity index (χ2n) is 17.7. The van der Waals surface area contributed by atoms with Crippen LogP contribution in [0.1, 0.15) is 90.9 Å². The van der Waals surface area contributed by atoms with E-state index in [0.29, 0.717) is 23.5 Å². The van der Waals surface area contributed by atoms with Gasteiger partial charge < -0.3 is 35.6 Å². The number of piperazine rings is 1. The number of aliphatic hydroxyl groups excluding tert-OH is 1. The third kappa shape index (κ3) is 8.47. The van der Waals surface area contributed by atoms with Crippen LogP contribution in [0.3, 0.4) is 0 Å². The largest absolute Gasteiger partial charge is 0.489 e. The number of rotatable bonds is 10. The lowest BCUT2D eigenvalue weighted by Crippen LogP contribution is -2.74. The Labute approximate surface area is 341 Å². The maximum Gasteiger partial charge on any atom is 0.271 e. The Bertz CT molecular complexity index is 1990. The van der Waals surface area contributed by atoms with Gasteiger partial charge in [-0.1, -0.05) is 27.7 Å². The SMILES string of the molecule is Cc1cc(O[C@H]2C(C)(C)[C@H](NC(=O)c3ccc(N4CCC(CN5CCN(c6cnc(C(=O)N[C@H]7CCC(=O)NC7O)cn6)CC5)CC4)cc3)C2(C)C)cc(C)c1C#N. The number of nitrogens with zero attached hydrogens (tertiary/aromatic N) is 6. The van der Waals surface area contributed by atoms with Crippen LogP contribution in [0.4, 0.5) is 11.5 Å². The molecule has 3 aliphatic heterocycles. The van der Waals surface area contributed by atoms with E-state index in [1.165, 1.54) is 6.20 Å². The zero-order valence-corrected chi connectivity index (χ0v) is 34.5. The van der Waals surface area contributed by atoms with Crippen LogP contribution >= 0.6 is 0 Å². The molecule has 308 valence electrons. The lowest BCUT2D eigenvalue weighted by atomic mass is 9.49. The maximum absolute atomic E-state index is 13.5. The van der Waals surface area contributed by atoms with Crippen molar-refractivity contribution in [1.82, 2.24) is 30.8 Å². The molecule has 1 aromatic heterocycles. The number of aromatic nitrogens is 2. The topological polar surface area (TPSA) is 176 Å². The van der Waals surface area contributed by atoms with Crippen LogP contribution in [-0.4, -0.2) is 108 Å². The van der Waals surface area contributed by atoms with Crippen LogP contribution in [0.25, 0.3) is 0 Å². The van der Waals surface area contributed by atoms with Crippen LogP contribution < -0.4 is 30.5 Å². The predicted molar refractivity (Wildman–Crippen MR) is 221 cm³/mol. The number of amides is 3. The van der Waals surface area contributed by atoms with Crippen molar-refractivity contribution in [2.75, 3.05) is 55.6 Å². The van der Waals surface area contributed by atoms with Crippen LogP contribution in [0.5, 0.6) is 5.75 Å². The lowest BCUT2D eigenvalue weighted by Gasteiger charge is -2.63. The smallest absolute Gasteiger partial charge is 0.271 e.